The van der Waals surface area contributed by atoms with Gasteiger partial charge in [0.15, 0.2) is 0 Å². The summed E-state index contributed by atoms with van der Waals surface area (Å²) < 4.78 is 0. The first-order chi connectivity index (χ1) is 16.8. The lowest BCUT2D eigenvalue weighted by atomic mass is 9.68. The number of carbonyl (C=O) groups excluding carboxylic acids is 1. The predicted octanol–water partition coefficient (Wildman–Crippen LogP) is 5.40. The number of nitrogens with one attached hydrogen (secondary N) is 1. The van der Waals surface area contributed by atoms with Gasteiger partial charge >= 0.3 is 0 Å². The standard InChI is InChI=1S/C30H42N2O3/c1-22-20-32(18-17-30(22,2)25-9-6-10-27(34)19-25)21-28(24-7-4-3-5-8-24)31-29(35)16-13-23-11-14-26(33)15-12-23/h6,9-12,14-15,19,22,24,28,33-34H,3-5,7-8,13,16-18,20-21H2,1-2H3,(H,31,35)/t22-,28+,30+/m0/s1. The van der Waals surface area contributed by atoms with Gasteiger partial charge in [0.05, 0.1) is 0 Å². The molecule has 1 aliphatic carbocycles. The minimum Gasteiger partial charge on any atom is -0.508 e. The monoisotopic (exact) mass is 478 g/mol. The first-order valence-electron chi connectivity index (χ1n) is 13.4. The Morgan fingerprint density at radius 2 is 1.83 bits per heavy atom. The molecule has 1 saturated carbocycles. The Kier molecular flexibility index (Phi) is 8.38. The van der Waals surface area contributed by atoms with Crippen molar-refractivity contribution in [2.75, 3.05) is 19.6 Å². The molecule has 3 atom stereocenters. The summed E-state index contributed by atoms with van der Waals surface area (Å²) in [7, 11) is 0. The lowest BCUT2D eigenvalue weighted by Crippen LogP contribution is -2.54. The minimum absolute atomic E-state index is 0.0446. The van der Waals surface area contributed by atoms with Gasteiger partial charge in [-0.3, -0.25) is 4.79 Å². The zero-order valence-corrected chi connectivity index (χ0v) is 21.4. The fourth-order valence-corrected chi connectivity index (χ4v) is 6.10. The summed E-state index contributed by atoms with van der Waals surface area (Å²) in [6.45, 7) is 7.56. The van der Waals surface area contributed by atoms with E-state index in [4.69, 9.17) is 0 Å². The van der Waals surface area contributed by atoms with Crippen molar-refractivity contribution in [1.29, 1.82) is 0 Å². The molecule has 1 heterocycles. The molecule has 0 bridgehead atoms. The number of hydrogen-bond acceptors (Lipinski definition) is 4. The van der Waals surface area contributed by atoms with E-state index in [-0.39, 0.29) is 23.1 Å². The highest BCUT2D eigenvalue weighted by molar-refractivity contribution is 5.76. The first-order valence-corrected chi connectivity index (χ1v) is 13.4. The predicted molar refractivity (Wildman–Crippen MR) is 141 cm³/mol. The highest BCUT2D eigenvalue weighted by Crippen LogP contribution is 2.40. The molecule has 0 radical (unpaired) electrons. The van der Waals surface area contributed by atoms with E-state index >= 15 is 0 Å². The van der Waals surface area contributed by atoms with Crippen LogP contribution in [0.1, 0.15) is 69.9 Å². The van der Waals surface area contributed by atoms with Crippen LogP contribution in [0.2, 0.25) is 0 Å². The zero-order valence-electron chi connectivity index (χ0n) is 21.4. The summed E-state index contributed by atoms with van der Waals surface area (Å²) in [6, 6.07) is 15.1. The summed E-state index contributed by atoms with van der Waals surface area (Å²) >= 11 is 0. The maximum Gasteiger partial charge on any atom is 0.220 e. The molecule has 1 amide bonds. The Balaban J connectivity index is 1.37. The fraction of sp³-hybridized carbons (Fsp3) is 0.567. The van der Waals surface area contributed by atoms with Crippen LogP contribution < -0.4 is 5.32 Å². The van der Waals surface area contributed by atoms with Crippen molar-refractivity contribution in [3.8, 4) is 11.5 Å². The number of phenols is 2. The van der Waals surface area contributed by atoms with Crippen LogP contribution in [0.4, 0.5) is 0 Å². The molecule has 190 valence electrons. The highest BCUT2D eigenvalue weighted by atomic mass is 16.3. The molecule has 2 aliphatic rings. The van der Waals surface area contributed by atoms with Crippen molar-refractivity contribution in [2.24, 2.45) is 11.8 Å². The first kappa shape index (κ1) is 25.6. The van der Waals surface area contributed by atoms with E-state index in [0.717, 1.165) is 31.6 Å². The molecular formula is C30H42N2O3. The van der Waals surface area contributed by atoms with E-state index in [1.165, 1.54) is 37.7 Å². The molecule has 35 heavy (non-hydrogen) atoms. The molecule has 0 aromatic heterocycles. The lowest BCUT2D eigenvalue weighted by molar-refractivity contribution is -0.122. The topological polar surface area (TPSA) is 72.8 Å². The number of amides is 1. The van der Waals surface area contributed by atoms with Gasteiger partial charge in [0.2, 0.25) is 5.91 Å². The number of benzene rings is 2. The number of hydrogen-bond donors (Lipinski definition) is 3. The number of aryl methyl sites for hydroxylation is 1. The smallest absolute Gasteiger partial charge is 0.220 e. The van der Waals surface area contributed by atoms with Crippen molar-refractivity contribution in [1.82, 2.24) is 10.2 Å². The van der Waals surface area contributed by atoms with Crippen molar-refractivity contribution >= 4 is 5.91 Å². The third kappa shape index (κ3) is 6.58. The van der Waals surface area contributed by atoms with Crippen LogP contribution in [0.15, 0.2) is 48.5 Å². The van der Waals surface area contributed by atoms with Crippen molar-refractivity contribution in [2.45, 2.75) is 76.7 Å². The highest BCUT2D eigenvalue weighted by Gasteiger charge is 2.39. The number of aromatic hydroxyl groups is 2. The van der Waals surface area contributed by atoms with Crippen LogP contribution >= 0.6 is 0 Å². The van der Waals surface area contributed by atoms with Crippen molar-refractivity contribution < 1.29 is 15.0 Å². The third-order valence-corrected chi connectivity index (χ3v) is 8.67. The Labute approximate surface area is 210 Å². The molecule has 5 heteroatoms. The molecule has 2 aromatic rings. The zero-order chi connectivity index (χ0) is 24.8. The van der Waals surface area contributed by atoms with Gasteiger partial charge in [0.1, 0.15) is 11.5 Å². The van der Waals surface area contributed by atoms with Crippen LogP contribution in [0.25, 0.3) is 0 Å². The fourth-order valence-electron chi connectivity index (χ4n) is 6.10. The second-order valence-corrected chi connectivity index (χ2v) is 11.1. The van der Waals surface area contributed by atoms with Gasteiger partial charge in [0, 0.05) is 25.6 Å². The van der Waals surface area contributed by atoms with Gasteiger partial charge in [0.25, 0.3) is 0 Å². The Morgan fingerprint density at radius 1 is 1.09 bits per heavy atom. The normalized spacial score (nSPS) is 24.7. The number of rotatable bonds is 8. The number of likely N-dealkylation sites (tertiary alicyclic amines) is 1. The molecule has 5 nitrogen and oxygen atoms in total. The van der Waals surface area contributed by atoms with Crippen LogP contribution in [0.5, 0.6) is 11.5 Å². The van der Waals surface area contributed by atoms with Gasteiger partial charge in [-0.15, -0.1) is 0 Å². The second kappa shape index (κ2) is 11.5. The number of nitrogens with zero attached hydrogens (tertiary/aromatic N) is 1. The van der Waals surface area contributed by atoms with Gasteiger partial charge in [-0.1, -0.05) is 57.4 Å². The Morgan fingerprint density at radius 3 is 2.51 bits per heavy atom. The van der Waals surface area contributed by atoms with Gasteiger partial charge < -0.3 is 20.4 Å². The molecule has 4 rings (SSSR count). The van der Waals surface area contributed by atoms with Crippen LogP contribution in [-0.2, 0) is 16.6 Å². The maximum atomic E-state index is 13.0. The van der Waals surface area contributed by atoms with Crippen molar-refractivity contribution in [3.05, 3.63) is 59.7 Å². The largest absolute Gasteiger partial charge is 0.508 e. The molecule has 0 spiro atoms. The SMILES string of the molecule is C[C@H]1CN(C[C@@H](NC(=O)CCc2ccc(O)cc2)C2CCCCC2)CC[C@@]1(C)c1cccc(O)c1. The quantitative estimate of drug-likeness (QED) is 0.475. The van der Waals surface area contributed by atoms with E-state index in [1.807, 2.05) is 24.3 Å². The molecule has 0 unspecified atom stereocenters. The van der Waals surface area contributed by atoms with Gasteiger partial charge in [-0.25, -0.2) is 0 Å². The minimum atomic E-state index is 0.0446. The molecule has 2 aromatic carbocycles. The lowest BCUT2D eigenvalue weighted by Gasteiger charge is -2.46. The summed E-state index contributed by atoms with van der Waals surface area (Å²) in [5.41, 5.74) is 2.34. The summed E-state index contributed by atoms with van der Waals surface area (Å²) in [5.74, 6) is 1.73. The molecule has 1 saturated heterocycles. The summed E-state index contributed by atoms with van der Waals surface area (Å²) in [5, 5.41) is 22.9. The van der Waals surface area contributed by atoms with Gasteiger partial charge in [-0.05, 0) is 84.9 Å². The summed E-state index contributed by atoms with van der Waals surface area (Å²) in [6.07, 6.45) is 8.44. The van der Waals surface area contributed by atoms with E-state index < -0.39 is 0 Å². The number of phenolic OH excluding ortho intramolecular Hbond substituents is 2. The Bertz CT molecular complexity index is 970. The van der Waals surface area contributed by atoms with Gasteiger partial charge in [-0.2, -0.15) is 0 Å². The third-order valence-electron chi connectivity index (χ3n) is 8.67. The molecule has 3 N–H and O–H groups in total. The van der Waals surface area contributed by atoms with E-state index in [9.17, 15) is 15.0 Å². The molecule has 2 fully saturated rings. The molecular weight excluding hydrogens is 436 g/mol. The van der Waals surface area contributed by atoms with E-state index in [2.05, 4.69) is 30.1 Å². The maximum absolute atomic E-state index is 13.0. The Hall–Kier alpha value is -2.53. The van der Waals surface area contributed by atoms with E-state index in [1.54, 1.807) is 18.2 Å². The van der Waals surface area contributed by atoms with Crippen LogP contribution in [0, 0.1) is 11.8 Å². The number of piperidine rings is 1. The van der Waals surface area contributed by atoms with Crippen LogP contribution in [-0.4, -0.2) is 46.7 Å². The average Bonchev–Trinajstić information content (AvgIpc) is 2.86. The van der Waals surface area contributed by atoms with E-state index in [0.29, 0.717) is 30.4 Å². The van der Waals surface area contributed by atoms with Crippen LogP contribution in [0.3, 0.4) is 0 Å². The second-order valence-electron chi connectivity index (χ2n) is 11.1. The van der Waals surface area contributed by atoms with Crippen molar-refractivity contribution in [3.63, 3.8) is 0 Å². The molecule has 1 aliphatic heterocycles. The average molecular weight is 479 g/mol. The number of carbonyl (C=O) groups is 1. The summed E-state index contributed by atoms with van der Waals surface area (Å²) in [4.78, 5) is 15.5.